The topological polar surface area (TPSA) is 72.6 Å². The van der Waals surface area contributed by atoms with Gasteiger partial charge in [0.15, 0.2) is 9.84 Å². The molecule has 0 aromatic rings. The highest BCUT2D eigenvalue weighted by Crippen LogP contribution is 2.12. The predicted molar refractivity (Wildman–Crippen MR) is 64.2 cm³/mol. The normalized spacial score (nSPS) is 27.8. The number of sulfone groups is 1. The summed E-state index contributed by atoms with van der Waals surface area (Å²) in [6.45, 7) is 3.95. The third-order valence-corrected chi connectivity index (χ3v) is 4.94. The number of nitrogens with two attached hydrogens (primary N) is 1. The van der Waals surface area contributed by atoms with Gasteiger partial charge in [-0.05, 0) is 13.3 Å². The van der Waals surface area contributed by atoms with Crippen molar-refractivity contribution >= 4 is 9.84 Å². The van der Waals surface area contributed by atoms with Crippen LogP contribution in [-0.4, -0.2) is 63.7 Å². The van der Waals surface area contributed by atoms with Crippen molar-refractivity contribution < 1.29 is 13.2 Å². The van der Waals surface area contributed by atoms with E-state index in [1.54, 1.807) is 7.11 Å². The first-order valence-electron chi connectivity index (χ1n) is 5.66. The van der Waals surface area contributed by atoms with Gasteiger partial charge in [0.25, 0.3) is 0 Å². The summed E-state index contributed by atoms with van der Waals surface area (Å²) in [6, 6.07) is 0.106. The molecule has 0 bridgehead atoms. The van der Waals surface area contributed by atoms with Crippen molar-refractivity contribution in [3.63, 3.8) is 0 Å². The van der Waals surface area contributed by atoms with Gasteiger partial charge in [0.05, 0.1) is 17.6 Å². The lowest BCUT2D eigenvalue weighted by Gasteiger charge is -2.33. The molecular weight excluding hydrogens is 228 g/mol. The average molecular weight is 250 g/mol. The van der Waals surface area contributed by atoms with Crippen molar-refractivity contribution in [2.24, 2.45) is 5.73 Å². The van der Waals surface area contributed by atoms with E-state index in [1.807, 2.05) is 6.92 Å². The summed E-state index contributed by atoms with van der Waals surface area (Å²) in [6.07, 6.45) is 0.933. The molecule has 2 unspecified atom stereocenters. The van der Waals surface area contributed by atoms with Gasteiger partial charge in [-0.2, -0.15) is 0 Å². The Balaban J connectivity index is 2.39. The second-order valence-corrected chi connectivity index (χ2v) is 6.61. The molecule has 1 fully saturated rings. The van der Waals surface area contributed by atoms with Crippen LogP contribution in [0.1, 0.15) is 13.3 Å². The molecule has 0 saturated carbocycles. The fourth-order valence-corrected chi connectivity index (χ4v) is 3.63. The molecule has 0 amide bonds. The number of methoxy groups -OCH3 is 1. The molecule has 0 radical (unpaired) electrons. The zero-order valence-electron chi connectivity index (χ0n) is 10.1. The summed E-state index contributed by atoms with van der Waals surface area (Å²) in [7, 11) is -1.16. The highest BCUT2D eigenvalue weighted by Gasteiger charge is 2.27. The Morgan fingerprint density at radius 2 is 2.25 bits per heavy atom. The third-order valence-electron chi connectivity index (χ3n) is 3.14. The van der Waals surface area contributed by atoms with Gasteiger partial charge in [-0.25, -0.2) is 8.42 Å². The van der Waals surface area contributed by atoms with Crippen LogP contribution in [0.3, 0.4) is 0 Å². The first-order chi connectivity index (χ1) is 7.48. The van der Waals surface area contributed by atoms with Gasteiger partial charge in [-0.3, -0.25) is 4.90 Å². The third kappa shape index (κ3) is 4.01. The highest BCUT2D eigenvalue weighted by atomic mass is 32.2. The Morgan fingerprint density at radius 1 is 1.56 bits per heavy atom. The largest absolute Gasteiger partial charge is 0.380 e. The minimum Gasteiger partial charge on any atom is -0.380 e. The maximum absolute atomic E-state index is 11.4. The number of nitrogens with zero attached hydrogens (tertiary/aromatic N) is 1. The van der Waals surface area contributed by atoms with E-state index in [0.29, 0.717) is 13.1 Å². The van der Waals surface area contributed by atoms with Crippen molar-refractivity contribution in [2.45, 2.75) is 25.5 Å². The maximum atomic E-state index is 11.4. The Kier molecular flexibility index (Phi) is 5.17. The van der Waals surface area contributed by atoms with Crippen molar-refractivity contribution in [3.05, 3.63) is 0 Å². The summed E-state index contributed by atoms with van der Waals surface area (Å²) in [5.41, 5.74) is 5.54. The summed E-state index contributed by atoms with van der Waals surface area (Å²) in [5.74, 6) is 0.547. The van der Waals surface area contributed by atoms with Crippen LogP contribution in [0.5, 0.6) is 0 Å². The molecule has 1 aliphatic heterocycles. The van der Waals surface area contributed by atoms with Gasteiger partial charge in [-0.15, -0.1) is 0 Å². The van der Waals surface area contributed by atoms with Crippen molar-refractivity contribution in [1.82, 2.24) is 4.90 Å². The summed E-state index contributed by atoms with van der Waals surface area (Å²) < 4.78 is 28.0. The summed E-state index contributed by atoms with van der Waals surface area (Å²) in [4.78, 5) is 2.20. The van der Waals surface area contributed by atoms with Crippen LogP contribution < -0.4 is 5.73 Å². The van der Waals surface area contributed by atoms with Crippen LogP contribution in [0, 0.1) is 0 Å². The first-order valence-corrected chi connectivity index (χ1v) is 7.48. The summed E-state index contributed by atoms with van der Waals surface area (Å²) in [5, 5.41) is 0. The second kappa shape index (κ2) is 5.95. The Morgan fingerprint density at radius 3 is 2.75 bits per heavy atom. The fourth-order valence-electron chi connectivity index (χ4n) is 2.01. The predicted octanol–water partition coefficient (Wildman–Crippen LogP) is -0.531. The first kappa shape index (κ1) is 13.9. The van der Waals surface area contributed by atoms with Crippen LogP contribution in [0.15, 0.2) is 0 Å². The lowest BCUT2D eigenvalue weighted by Crippen LogP contribution is -2.47. The highest BCUT2D eigenvalue weighted by molar-refractivity contribution is 7.91. The smallest absolute Gasteiger partial charge is 0.153 e. The number of hydrogen-bond donors (Lipinski definition) is 1. The van der Waals surface area contributed by atoms with E-state index >= 15 is 0 Å². The van der Waals surface area contributed by atoms with E-state index in [1.165, 1.54) is 0 Å². The standard InChI is InChI=1S/C10H22N2O3S/c1-9-8-16(13,14)6-5-12(9)4-3-10(7-11)15-2/h9-10H,3-8,11H2,1-2H3. The van der Waals surface area contributed by atoms with E-state index in [0.717, 1.165) is 13.0 Å². The molecule has 0 aliphatic carbocycles. The molecule has 1 rings (SSSR count). The Hall–Kier alpha value is -0.170. The van der Waals surface area contributed by atoms with Crippen LogP contribution in [0.4, 0.5) is 0 Å². The maximum Gasteiger partial charge on any atom is 0.153 e. The van der Waals surface area contributed by atoms with E-state index < -0.39 is 9.84 Å². The van der Waals surface area contributed by atoms with Gasteiger partial charge >= 0.3 is 0 Å². The average Bonchev–Trinajstić information content (AvgIpc) is 2.21. The quantitative estimate of drug-likeness (QED) is 0.710. The van der Waals surface area contributed by atoms with Crippen molar-refractivity contribution in [1.29, 1.82) is 0 Å². The molecule has 6 heteroatoms. The fraction of sp³-hybridized carbons (Fsp3) is 1.00. The number of ether oxygens (including phenoxy) is 1. The molecule has 2 N–H and O–H groups in total. The van der Waals surface area contributed by atoms with Gasteiger partial charge in [0.2, 0.25) is 0 Å². The molecule has 1 saturated heterocycles. The molecule has 0 aromatic heterocycles. The van der Waals surface area contributed by atoms with Gasteiger partial charge in [0.1, 0.15) is 0 Å². The molecule has 2 atom stereocenters. The number of rotatable bonds is 5. The van der Waals surface area contributed by atoms with Gasteiger partial charge in [-0.1, -0.05) is 0 Å². The van der Waals surface area contributed by atoms with E-state index in [2.05, 4.69) is 4.90 Å². The second-order valence-electron chi connectivity index (χ2n) is 4.38. The minimum atomic E-state index is -2.81. The van der Waals surface area contributed by atoms with E-state index in [9.17, 15) is 8.42 Å². The van der Waals surface area contributed by atoms with Gasteiger partial charge < -0.3 is 10.5 Å². The lowest BCUT2D eigenvalue weighted by molar-refractivity contribution is 0.0850. The zero-order chi connectivity index (χ0) is 12.2. The van der Waals surface area contributed by atoms with E-state index in [-0.39, 0.29) is 23.7 Å². The molecule has 1 heterocycles. The Labute approximate surface area is 97.9 Å². The van der Waals surface area contributed by atoms with Gasteiger partial charge in [0, 0.05) is 32.8 Å². The molecule has 0 aromatic carbocycles. The van der Waals surface area contributed by atoms with Crippen molar-refractivity contribution in [3.8, 4) is 0 Å². The lowest BCUT2D eigenvalue weighted by atomic mass is 10.2. The van der Waals surface area contributed by atoms with Crippen LogP contribution in [0.2, 0.25) is 0 Å². The molecule has 1 aliphatic rings. The number of hydrogen-bond acceptors (Lipinski definition) is 5. The van der Waals surface area contributed by atoms with Crippen LogP contribution >= 0.6 is 0 Å². The van der Waals surface area contributed by atoms with Crippen LogP contribution in [0.25, 0.3) is 0 Å². The molecule has 16 heavy (non-hydrogen) atoms. The van der Waals surface area contributed by atoms with Crippen LogP contribution in [-0.2, 0) is 14.6 Å². The Bertz CT molecular complexity index is 301. The van der Waals surface area contributed by atoms with E-state index in [4.69, 9.17) is 10.5 Å². The SMILES string of the molecule is COC(CN)CCN1CCS(=O)(=O)CC1C. The molecule has 0 spiro atoms. The summed E-state index contributed by atoms with van der Waals surface area (Å²) >= 11 is 0. The molecular formula is C10H22N2O3S. The monoisotopic (exact) mass is 250 g/mol. The minimum absolute atomic E-state index is 0.0748. The van der Waals surface area contributed by atoms with Crippen molar-refractivity contribution in [2.75, 3.05) is 38.2 Å². The molecule has 96 valence electrons. The molecule has 5 nitrogen and oxygen atoms in total. The zero-order valence-corrected chi connectivity index (χ0v) is 10.9.